The first-order chi connectivity index (χ1) is 7.93. The Morgan fingerprint density at radius 3 is 2.94 bits per heavy atom. The summed E-state index contributed by atoms with van der Waals surface area (Å²) in [4.78, 5) is 2.28. The summed E-state index contributed by atoms with van der Waals surface area (Å²) < 4.78 is 5.74. The molecule has 0 aromatic heterocycles. The molecule has 0 saturated heterocycles. The van der Waals surface area contributed by atoms with Gasteiger partial charge in [-0.05, 0) is 25.0 Å². The van der Waals surface area contributed by atoms with Gasteiger partial charge in [0.2, 0.25) is 0 Å². The third kappa shape index (κ3) is 1.71. The molecular formula is C14H15NO. The van der Waals surface area contributed by atoms with Gasteiger partial charge < -0.3 is 9.64 Å². The third-order valence-corrected chi connectivity index (χ3v) is 3.05. The van der Waals surface area contributed by atoms with Crippen molar-refractivity contribution in [3.8, 4) is 5.75 Å². The van der Waals surface area contributed by atoms with Crippen molar-refractivity contribution in [1.29, 1.82) is 0 Å². The highest BCUT2D eigenvalue weighted by atomic mass is 16.5. The summed E-state index contributed by atoms with van der Waals surface area (Å²) in [5.74, 6) is 1.03. The van der Waals surface area contributed by atoms with Crippen molar-refractivity contribution in [3.05, 3.63) is 53.8 Å². The van der Waals surface area contributed by atoms with Gasteiger partial charge in [-0.2, -0.15) is 0 Å². The molecule has 0 saturated carbocycles. The molecule has 0 amide bonds. The molecule has 82 valence electrons. The predicted octanol–water partition coefficient (Wildman–Crippen LogP) is 3.07. The van der Waals surface area contributed by atoms with Crippen molar-refractivity contribution < 1.29 is 4.74 Å². The Balaban J connectivity index is 1.82. The van der Waals surface area contributed by atoms with Crippen LogP contribution in [0.5, 0.6) is 5.75 Å². The summed E-state index contributed by atoms with van der Waals surface area (Å²) >= 11 is 0. The van der Waals surface area contributed by atoms with Crippen molar-refractivity contribution in [3.63, 3.8) is 0 Å². The van der Waals surface area contributed by atoms with Crippen LogP contribution in [0.1, 0.15) is 18.4 Å². The molecule has 16 heavy (non-hydrogen) atoms. The van der Waals surface area contributed by atoms with Crippen LogP contribution in [0.15, 0.2) is 48.2 Å². The maximum atomic E-state index is 5.74. The van der Waals surface area contributed by atoms with E-state index in [-0.39, 0.29) is 0 Å². The molecule has 1 aliphatic heterocycles. The van der Waals surface area contributed by atoms with Crippen LogP contribution in [0.2, 0.25) is 0 Å². The first kappa shape index (κ1) is 9.52. The van der Waals surface area contributed by atoms with Gasteiger partial charge in [0.25, 0.3) is 0 Å². The highest BCUT2D eigenvalue weighted by Gasteiger charge is 2.17. The zero-order valence-electron chi connectivity index (χ0n) is 9.23. The van der Waals surface area contributed by atoms with Gasteiger partial charge in [-0.1, -0.05) is 30.4 Å². The molecular weight excluding hydrogens is 198 g/mol. The number of rotatable bonds is 1. The number of ether oxygens (including phenoxy) is 1. The molecule has 2 nitrogen and oxygen atoms in total. The van der Waals surface area contributed by atoms with E-state index in [1.165, 1.54) is 11.3 Å². The fraction of sp³-hybridized carbons (Fsp3) is 0.286. The van der Waals surface area contributed by atoms with Crippen LogP contribution in [0, 0.1) is 0 Å². The lowest BCUT2D eigenvalue weighted by Crippen LogP contribution is -2.31. The van der Waals surface area contributed by atoms with E-state index in [4.69, 9.17) is 4.74 Å². The Hall–Kier alpha value is -1.70. The van der Waals surface area contributed by atoms with Crippen LogP contribution in [-0.2, 0) is 6.54 Å². The number of para-hydroxylation sites is 1. The fourth-order valence-electron chi connectivity index (χ4n) is 2.17. The second-order valence-corrected chi connectivity index (χ2v) is 4.19. The van der Waals surface area contributed by atoms with Gasteiger partial charge in [-0.25, -0.2) is 0 Å². The van der Waals surface area contributed by atoms with E-state index in [1.54, 1.807) is 0 Å². The molecule has 0 bridgehead atoms. The summed E-state index contributed by atoms with van der Waals surface area (Å²) in [6.45, 7) is 1.61. The molecule has 0 unspecified atom stereocenters. The number of benzene rings is 1. The van der Waals surface area contributed by atoms with E-state index < -0.39 is 0 Å². The van der Waals surface area contributed by atoms with Crippen molar-refractivity contribution in [2.45, 2.75) is 19.4 Å². The fourth-order valence-corrected chi connectivity index (χ4v) is 2.17. The van der Waals surface area contributed by atoms with Crippen molar-refractivity contribution >= 4 is 0 Å². The van der Waals surface area contributed by atoms with Crippen molar-refractivity contribution in [1.82, 2.24) is 4.90 Å². The zero-order chi connectivity index (χ0) is 10.8. The van der Waals surface area contributed by atoms with Crippen molar-refractivity contribution in [2.24, 2.45) is 0 Å². The Labute approximate surface area is 95.8 Å². The van der Waals surface area contributed by atoms with E-state index >= 15 is 0 Å². The minimum absolute atomic E-state index is 0.660. The minimum Gasteiger partial charge on any atom is -0.473 e. The van der Waals surface area contributed by atoms with Crippen LogP contribution in [0.3, 0.4) is 0 Å². The molecule has 3 rings (SSSR count). The van der Waals surface area contributed by atoms with Crippen LogP contribution < -0.4 is 4.74 Å². The minimum atomic E-state index is 0.660. The number of nitrogens with zero attached hydrogens (tertiary/aromatic N) is 1. The summed E-state index contributed by atoms with van der Waals surface area (Å²) in [5, 5.41) is 0. The average Bonchev–Trinajstić information content (AvgIpc) is 2.39. The number of allylic oxidation sites excluding steroid dienone is 3. The Morgan fingerprint density at radius 2 is 2.06 bits per heavy atom. The van der Waals surface area contributed by atoms with E-state index in [2.05, 4.69) is 35.3 Å². The Kier molecular flexibility index (Phi) is 2.41. The normalized spacial score (nSPS) is 18.8. The van der Waals surface area contributed by atoms with Crippen molar-refractivity contribution in [2.75, 3.05) is 6.73 Å². The molecule has 0 atom stereocenters. The number of hydrogen-bond acceptors (Lipinski definition) is 2. The predicted molar refractivity (Wildman–Crippen MR) is 63.9 cm³/mol. The second kappa shape index (κ2) is 4.05. The topological polar surface area (TPSA) is 12.5 Å². The number of fused-ring (bicyclic) bond motifs is 1. The summed E-state index contributed by atoms with van der Waals surface area (Å²) in [6.07, 6.45) is 9.02. The molecule has 0 radical (unpaired) electrons. The van der Waals surface area contributed by atoms with Gasteiger partial charge >= 0.3 is 0 Å². The number of hydrogen-bond donors (Lipinski definition) is 0. The highest BCUT2D eigenvalue weighted by Crippen LogP contribution is 2.27. The maximum absolute atomic E-state index is 5.74. The summed E-state index contributed by atoms with van der Waals surface area (Å²) in [6, 6.07) is 8.26. The molecule has 2 heteroatoms. The van der Waals surface area contributed by atoms with E-state index in [9.17, 15) is 0 Å². The molecule has 1 aromatic rings. The lowest BCUT2D eigenvalue weighted by atomic mass is 10.1. The monoisotopic (exact) mass is 213 g/mol. The van der Waals surface area contributed by atoms with Crippen LogP contribution in [0.4, 0.5) is 0 Å². The lowest BCUT2D eigenvalue weighted by molar-refractivity contribution is 0.131. The van der Waals surface area contributed by atoms with Gasteiger partial charge in [0.15, 0.2) is 6.73 Å². The maximum Gasteiger partial charge on any atom is 0.161 e. The summed E-state index contributed by atoms with van der Waals surface area (Å²) in [7, 11) is 0. The van der Waals surface area contributed by atoms with Gasteiger partial charge in [0, 0.05) is 17.8 Å². The van der Waals surface area contributed by atoms with Crippen LogP contribution in [-0.4, -0.2) is 11.6 Å². The Morgan fingerprint density at radius 1 is 1.12 bits per heavy atom. The van der Waals surface area contributed by atoms with Gasteiger partial charge in [-0.15, -0.1) is 0 Å². The SMILES string of the molecule is C1=CC(N2COc3ccccc3C2)=CCC1. The molecule has 0 N–H and O–H groups in total. The molecule has 0 fully saturated rings. The first-order valence-corrected chi connectivity index (χ1v) is 5.76. The summed E-state index contributed by atoms with van der Waals surface area (Å²) in [5.41, 5.74) is 2.56. The lowest BCUT2D eigenvalue weighted by Gasteiger charge is -2.32. The standard InChI is InChI=1S/C14H15NO/c1-2-7-13(8-3-1)15-10-12-6-4-5-9-14(12)16-11-15/h2,4-9H,1,3,10-11H2. The third-order valence-electron chi connectivity index (χ3n) is 3.05. The van der Waals surface area contributed by atoms with Crippen LogP contribution in [0.25, 0.3) is 0 Å². The Bertz CT molecular complexity index is 448. The zero-order valence-corrected chi connectivity index (χ0v) is 9.23. The largest absolute Gasteiger partial charge is 0.473 e. The van der Waals surface area contributed by atoms with Gasteiger partial charge in [-0.3, -0.25) is 0 Å². The van der Waals surface area contributed by atoms with Gasteiger partial charge in [0.05, 0.1) is 0 Å². The van der Waals surface area contributed by atoms with Gasteiger partial charge in [0.1, 0.15) is 5.75 Å². The molecule has 0 spiro atoms. The van der Waals surface area contributed by atoms with E-state index in [0.29, 0.717) is 6.73 Å². The molecule has 2 aliphatic rings. The average molecular weight is 213 g/mol. The van der Waals surface area contributed by atoms with E-state index in [1.807, 2.05) is 12.1 Å². The van der Waals surface area contributed by atoms with E-state index in [0.717, 1.165) is 25.1 Å². The molecule has 1 heterocycles. The quantitative estimate of drug-likeness (QED) is 0.711. The van der Waals surface area contributed by atoms with Crippen LogP contribution >= 0.6 is 0 Å². The molecule has 1 aliphatic carbocycles. The smallest absolute Gasteiger partial charge is 0.161 e. The highest BCUT2D eigenvalue weighted by molar-refractivity contribution is 5.36. The first-order valence-electron chi connectivity index (χ1n) is 5.76. The second-order valence-electron chi connectivity index (χ2n) is 4.19. The molecule has 1 aromatic carbocycles.